The molecule has 0 bridgehead atoms. The highest BCUT2D eigenvalue weighted by Crippen LogP contribution is 2.28. The van der Waals surface area contributed by atoms with E-state index < -0.39 is 10.0 Å². The molecule has 1 N–H and O–H groups in total. The number of fused-ring (bicyclic) bond motifs is 1. The fraction of sp³-hybridized carbons (Fsp3) is 0.154. The Kier molecular flexibility index (Phi) is 6.77. The zero-order valence-corrected chi connectivity index (χ0v) is 21.1. The number of piperazine rings is 1. The molecule has 0 radical (unpaired) electrons. The van der Waals surface area contributed by atoms with E-state index in [2.05, 4.69) is 14.7 Å². The lowest BCUT2D eigenvalue weighted by Gasteiger charge is -2.34. The number of carbonyl (C=O) groups is 2. The highest BCUT2D eigenvalue weighted by molar-refractivity contribution is 7.93. The van der Waals surface area contributed by atoms with Gasteiger partial charge < -0.3 is 9.80 Å². The maximum atomic E-state index is 13.1. The van der Waals surface area contributed by atoms with Crippen molar-refractivity contribution < 1.29 is 18.0 Å². The Balaban J connectivity index is 1.27. The van der Waals surface area contributed by atoms with Crippen molar-refractivity contribution in [2.75, 3.05) is 30.9 Å². The topological polar surface area (TPSA) is 113 Å². The van der Waals surface area contributed by atoms with E-state index in [-0.39, 0.29) is 27.4 Å². The molecule has 9 nitrogen and oxygen atoms in total. The molecule has 1 aliphatic heterocycles. The third-order valence-electron chi connectivity index (χ3n) is 6.08. The lowest BCUT2D eigenvalue weighted by atomic mass is 10.1. The van der Waals surface area contributed by atoms with Crippen molar-refractivity contribution in [3.63, 3.8) is 0 Å². The summed E-state index contributed by atoms with van der Waals surface area (Å²) in [6, 6.07) is 18.0. The van der Waals surface area contributed by atoms with E-state index >= 15 is 0 Å². The van der Waals surface area contributed by atoms with Crippen molar-refractivity contribution in [2.45, 2.75) is 4.90 Å². The van der Waals surface area contributed by atoms with E-state index in [1.54, 1.807) is 58.5 Å². The number of nitrogens with one attached hydrogen (secondary N) is 1. The van der Waals surface area contributed by atoms with Crippen molar-refractivity contribution >= 4 is 50.0 Å². The normalized spacial score (nSPS) is 14.0. The van der Waals surface area contributed by atoms with Gasteiger partial charge >= 0.3 is 0 Å². The van der Waals surface area contributed by atoms with Crippen molar-refractivity contribution in [3.05, 3.63) is 95.4 Å². The Labute approximate surface area is 218 Å². The van der Waals surface area contributed by atoms with Gasteiger partial charge in [-0.2, -0.15) is 0 Å². The lowest BCUT2D eigenvalue weighted by Crippen LogP contribution is -2.50. The smallest absolute Gasteiger partial charge is 0.272 e. The number of sulfonamides is 1. The van der Waals surface area contributed by atoms with Gasteiger partial charge in [-0.1, -0.05) is 35.9 Å². The van der Waals surface area contributed by atoms with Crippen LogP contribution in [0.4, 0.5) is 5.69 Å². The molecule has 4 aromatic rings. The average Bonchev–Trinajstić information content (AvgIpc) is 2.93. The molecule has 37 heavy (non-hydrogen) atoms. The standard InChI is InChI=1S/C26H22ClN5O4S/c27-20-17-19(25(33)31-13-15-32(16-14-31)26(34)22-7-1-2-11-28-22)9-10-21(20)30-37(35,36)23-8-3-5-18-6-4-12-29-24(18)23/h1-12,17,30H,13-16H2. The summed E-state index contributed by atoms with van der Waals surface area (Å²) in [4.78, 5) is 37.3. The van der Waals surface area contributed by atoms with E-state index in [0.29, 0.717) is 48.3 Å². The first-order chi connectivity index (χ1) is 17.8. The SMILES string of the molecule is O=C(c1ccc(NS(=O)(=O)c2cccc3cccnc23)c(Cl)c1)N1CCN(C(=O)c2ccccn2)CC1. The van der Waals surface area contributed by atoms with E-state index in [9.17, 15) is 18.0 Å². The Morgan fingerprint density at radius 2 is 1.51 bits per heavy atom. The van der Waals surface area contributed by atoms with Crippen LogP contribution < -0.4 is 4.72 Å². The van der Waals surface area contributed by atoms with Crippen LogP contribution in [-0.4, -0.2) is 66.2 Å². The van der Waals surface area contributed by atoms with Crippen molar-refractivity contribution in [1.82, 2.24) is 19.8 Å². The summed E-state index contributed by atoms with van der Waals surface area (Å²) < 4.78 is 28.7. The maximum Gasteiger partial charge on any atom is 0.272 e. The van der Waals surface area contributed by atoms with Crippen LogP contribution in [-0.2, 0) is 10.0 Å². The molecule has 188 valence electrons. The van der Waals surface area contributed by atoms with Crippen LogP contribution in [0.1, 0.15) is 20.8 Å². The second-order valence-electron chi connectivity index (χ2n) is 8.43. The summed E-state index contributed by atoms with van der Waals surface area (Å²) in [6.45, 7) is 1.48. The number of pyridine rings is 2. The summed E-state index contributed by atoms with van der Waals surface area (Å²) in [5, 5.41) is 0.783. The van der Waals surface area contributed by atoms with Crippen LogP contribution in [0.3, 0.4) is 0 Å². The van der Waals surface area contributed by atoms with Crippen molar-refractivity contribution in [1.29, 1.82) is 0 Å². The Morgan fingerprint density at radius 1 is 0.811 bits per heavy atom. The second-order valence-corrected chi connectivity index (χ2v) is 10.5. The minimum absolute atomic E-state index is 0.0277. The van der Waals surface area contributed by atoms with E-state index in [4.69, 9.17) is 11.6 Å². The first-order valence-corrected chi connectivity index (χ1v) is 13.4. The second kappa shape index (κ2) is 10.2. The number of para-hydroxylation sites is 1. The van der Waals surface area contributed by atoms with E-state index in [0.717, 1.165) is 0 Å². The number of halogens is 1. The molecule has 2 aromatic heterocycles. The van der Waals surface area contributed by atoms with Crippen LogP contribution in [0.15, 0.2) is 84.0 Å². The highest BCUT2D eigenvalue weighted by atomic mass is 35.5. The minimum atomic E-state index is -3.99. The monoisotopic (exact) mass is 535 g/mol. The van der Waals surface area contributed by atoms with Crippen LogP contribution in [0.25, 0.3) is 10.9 Å². The molecule has 0 saturated carbocycles. The molecule has 0 atom stereocenters. The van der Waals surface area contributed by atoms with Gasteiger partial charge in [-0.15, -0.1) is 0 Å². The zero-order chi connectivity index (χ0) is 26.0. The van der Waals surface area contributed by atoms with Gasteiger partial charge in [0.1, 0.15) is 10.6 Å². The van der Waals surface area contributed by atoms with Gasteiger partial charge in [0.15, 0.2) is 0 Å². The summed E-state index contributed by atoms with van der Waals surface area (Å²) in [6.07, 6.45) is 3.10. The van der Waals surface area contributed by atoms with E-state index in [1.165, 1.54) is 30.5 Å². The molecule has 5 rings (SSSR count). The van der Waals surface area contributed by atoms with Gasteiger partial charge in [-0.25, -0.2) is 8.42 Å². The maximum absolute atomic E-state index is 13.1. The predicted octanol–water partition coefficient (Wildman–Crippen LogP) is 3.68. The lowest BCUT2D eigenvalue weighted by molar-refractivity contribution is 0.0532. The molecule has 2 amide bonds. The fourth-order valence-electron chi connectivity index (χ4n) is 4.17. The molecule has 11 heteroatoms. The van der Waals surface area contributed by atoms with Crippen LogP contribution in [0.5, 0.6) is 0 Å². The number of hydrogen-bond acceptors (Lipinski definition) is 6. The van der Waals surface area contributed by atoms with Gasteiger partial charge in [0.25, 0.3) is 21.8 Å². The van der Waals surface area contributed by atoms with Gasteiger partial charge in [0.05, 0.1) is 16.2 Å². The fourth-order valence-corrected chi connectivity index (χ4v) is 5.71. The molecule has 1 fully saturated rings. The average molecular weight is 536 g/mol. The van der Waals surface area contributed by atoms with Crippen LogP contribution in [0.2, 0.25) is 5.02 Å². The minimum Gasteiger partial charge on any atom is -0.335 e. The van der Waals surface area contributed by atoms with Crippen molar-refractivity contribution in [3.8, 4) is 0 Å². The molecule has 0 spiro atoms. The van der Waals surface area contributed by atoms with Gasteiger partial charge in [0, 0.05) is 49.5 Å². The quantitative estimate of drug-likeness (QED) is 0.417. The van der Waals surface area contributed by atoms with Gasteiger partial charge in [-0.05, 0) is 42.5 Å². The number of nitrogens with zero attached hydrogens (tertiary/aromatic N) is 4. The number of benzene rings is 2. The molecule has 2 aromatic carbocycles. The molecule has 1 aliphatic rings. The molecule has 0 aliphatic carbocycles. The largest absolute Gasteiger partial charge is 0.335 e. The number of rotatable bonds is 5. The number of anilines is 1. The summed E-state index contributed by atoms with van der Waals surface area (Å²) >= 11 is 6.38. The third kappa shape index (κ3) is 5.11. The Bertz CT molecular complexity index is 1580. The highest BCUT2D eigenvalue weighted by Gasteiger charge is 2.27. The molecular formula is C26H22ClN5O4S. The number of amides is 2. The van der Waals surface area contributed by atoms with Crippen molar-refractivity contribution in [2.24, 2.45) is 0 Å². The molecular weight excluding hydrogens is 514 g/mol. The zero-order valence-electron chi connectivity index (χ0n) is 19.5. The van der Waals surface area contributed by atoms with E-state index in [1.807, 2.05) is 0 Å². The third-order valence-corrected chi connectivity index (χ3v) is 7.79. The number of hydrogen-bond donors (Lipinski definition) is 1. The number of aromatic nitrogens is 2. The van der Waals surface area contributed by atoms with Gasteiger partial charge in [-0.3, -0.25) is 24.3 Å². The Hall–Kier alpha value is -4.02. The molecule has 1 saturated heterocycles. The first-order valence-electron chi connectivity index (χ1n) is 11.5. The summed E-state index contributed by atoms with van der Waals surface area (Å²) in [5.41, 5.74) is 1.19. The van der Waals surface area contributed by atoms with Crippen LogP contribution >= 0.6 is 11.6 Å². The molecule has 3 heterocycles. The van der Waals surface area contributed by atoms with Crippen LogP contribution in [0, 0.1) is 0 Å². The predicted molar refractivity (Wildman–Crippen MR) is 140 cm³/mol. The first kappa shape index (κ1) is 24.7. The number of carbonyl (C=O) groups excluding carboxylic acids is 2. The summed E-state index contributed by atoms with van der Waals surface area (Å²) in [7, 11) is -3.99. The molecule has 0 unspecified atom stereocenters. The Morgan fingerprint density at radius 3 is 2.22 bits per heavy atom. The van der Waals surface area contributed by atoms with Gasteiger partial charge in [0.2, 0.25) is 0 Å². The summed E-state index contributed by atoms with van der Waals surface area (Å²) in [5.74, 6) is -0.423.